The Kier molecular flexibility index (Phi) is 6.93. The SMILES string of the molecule is Cc1cccc(C)c1Oc1nc(NS(=O)(=O)CCCF)cc(-c2cc(C)c(=O)n(C)c2)n1. The monoisotopic (exact) mass is 460 g/mol. The first-order chi connectivity index (χ1) is 15.1. The molecular formula is C22H25FN4O4S. The van der Waals surface area contributed by atoms with Crippen molar-refractivity contribution in [1.82, 2.24) is 14.5 Å². The molecule has 0 aliphatic heterocycles. The van der Waals surface area contributed by atoms with Crippen molar-refractivity contribution in [3.05, 3.63) is 63.6 Å². The summed E-state index contributed by atoms with van der Waals surface area (Å²) in [5.41, 5.74) is 3.03. The molecule has 0 bridgehead atoms. The van der Waals surface area contributed by atoms with E-state index in [0.29, 0.717) is 22.6 Å². The van der Waals surface area contributed by atoms with Gasteiger partial charge in [-0.25, -0.2) is 8.42 Å². The number of aryl methyl sites for hydroxylation is 4. The van der Waals surface area contributed by atoms with Crippen molar-refractivity contribution in [2.24, 2.45) is 7.05 Å². The minimum atomic E-state index is -3.82. The predicted molar refractivity (Wildman–Crippen MR) is 121 cm³/mol. The van der Waals surface area contributed by atoms with Gasteiger partial charge in [-0.15, -0.1) is 0 Å². The molecule has 0 amide bonds. The van der Waals surface area contributed by atoms with Gasteiger partial charge < -0.3 is 9.30 Å². The Hall–Kier alpha value is -3.27. The number of alkyl halides is 1. The van der Waals surface area contributed by atoms with Gasteiger partial charge in [-0.2, -0.15) is 9.97 Å². The maximum absolute atomic E-state index is 12.5. The lowest BCUT2D eigenvalue weighted by Gasteiger charge is -2.14. The van der Waals surface area contributed by atoms with Gasteiger partial charge in [-0.05, 0) is 44.4 Å². The van der Waals surface area contributed by atoms with E-state index >= 15 is 0 Å². The number of rotatable bonds is 8. The first-order valence-corrected chi connectivity index (χ1v) is 11.6. The highest BCUT2D eigenvalue weighted by molar-refractivity contribution is 7.92. The average molecular weight is 461 g/mol. The highest BCUT2D eigenvalue weighted by Crippen LogP contribution is 2.29. The maximum Gasteiger partial charge on any atom is 0.324 e. The molecule has 10 heteroatoms. The molecule has 3 aromatic rings. The summed E-state index contributed by atoms with van der Waals surface area (Å²) in [4.78, 5) is 20.7. The van der Waals surface area contributed by atoms with Crippen molar-refractivity contribution < 1.29 is 17.5 Å². The Balaban J connectivity index is 2.10. The Morgan fingerprint density at radius 2 is 1.78 bits per heavy atom. The molecule has 1 aromatic carbocycles. The van der Waals surface area contributed by atoms with E-state index in [1.165, 1.54) is 10.6 Å². The normalized spacial score (nSPS) is 11.4. The fourth-order valence-corrected chi connectivity index (χ4v) is 4.21. The van der Waals surface area contributed by atoms with Crippen LogP contribution in [0, 0.1) is 20.8 Å². The van der Waals surface area contributed by atoms with Crippen LogP contribution in [0.5, 0.6) is 11.8 Å². The van der Waals surface area contributed by atoms with Gasteiger partial charge in [0, 0.05) is 30.4 Å². The third-order valence-corrected chi connectivity index (χ3v) is 6.12. The van der Waals surface area contributed by atoms with Crippen molar-refractivity contribution in [3.8, 4) is 23.0 Å². The van der Waals surface area contributed by atoms with Gasteiger partial charge in [0.15, 0.2) is 0 Å². The number of aromatic nitrogens is 3. The molecule has 0 unspecified atom stereocenters. The van der Waals surface area contributed by atoms with E-state index in [9.17, 15) is 17.6 Å². The standard InChI is InChI=1S/C22H25FN4O4S/c1-14-7-5-8-15(2)20(14)31-22-24-18(17-11-16(3)21(28)27(4)13-17)12-19(25-22)26-32(29,30)10-6-9-23/h5,7-8,11-13H,6,9-10H2,1-4H3,(H,24,25,26). The molecule has 0 spiro atoms. The smallest absolute Gasteiger partial charge is 0.324 e. The quantitative estimate of drug-likeness (QED) is 0.550. The van der Waals surface area contributed by atoms with E-state index in [-0.39, 0.29) is 29.6 Å². The van der Waals surface area contributed by atoms with Crippen LogP contribution >= 0.6 is 0 Å². The fourth-order valence-electron chi connectivity index (χ4n) is 3.20. The number of hydrogen-bond acceptors (Lipinski definition) is 6. The zero-order chi connectivity index (χ0) is 23.5. The zero-order valence-corrected chi connectivity index (χ0v) is 19.2. The highest BCUT2D eigenvalue weighted by atomic mass is 32.2. The molecule has 2 heterocycles. The lowest BCUT2D eigenvalue weighted by molar-refractivity contribution is 0.437. The first-order valence-electron chi connectivity index (χ1n) is 9.97. The van der Waals surface area contributed by atoms with Crippen LogP contribution in [0.25, 0.3) is 11.3 Å². The average Bonchev–Trinajstić information content (AvgIpc) is 2.72. The molecule has 32 heavy (non-hydrogen) atoms. The summed E-state index contributed by atoms with van der Waals surface area (Å²) in [6.07, 6.45) is 1.47. The number of ether oxygens (including phenoxy) is 1. The molecule has 2 aromatic heterocycles. The van der Waals surface area contributed by atoms with Gasteiger partial charge in [0.2, 0.25) is 10.0 Å². The molecule has 0 aliphatic carbocycles. The minimum Gasteiger partial charge on any atom is -0.424 e. The van der Waals surface area contributed by atoms with Crippen molar-refractivity contribution in [3.63, 3.8) is 0 Å². The number of benzene rings is 1. The van der Waals surface area contributed by atoms with Crippen molar-refractivity contribution in [1.29, 1.82) is 0 Å². The molecule has 0 radical (unpaired) electrons. The van der Waals surface area contributed by atoms with Crippen molar-refractivity contribution in [2.75, 3.05) is 17.1 Å². The molecule has 0 saturated heterocycles. The van der Waals surface area contributed by atoms with Crippen LogP contribution < -0.4 is 15.0 Å². The highest BCUT2D eigenvalue weighted by Gasteiger charge is 2.17. The Morgan fingerprint density at radius 1 is 1.09 bits per heavy atom. The van der Waals surface area contributed by atoms with Gasteiger partial charge >= 0.3 is 6.01 Å². The third kappa shape index (κ3) is 5.50. The molecule has 8 nitrogen and oxygen atoms in total. The van der Waals surface area contributed by atoms with E-state index in [2.05, 4.69) is 14.7 Å². The lowest BCUT2D eigenvalue weighted by Crippen LogP contribution is -2.19. The van der Waals surface area contributed by atoms with Crippen LogP contribution in [-0.2, 0) is 17.1 Å². The molecular weight excluding hydrogens is 435 g/mol. The lowest BCUT2D eigenvalue weighted by atomic mass is 10.1. The Bertz CT molecular complexity index is 1260. The summed E-state index contributed by atoms with van der Waals surface area (Å²) >= 11 is 0. The number of halogens is 1. The second-order valence-electron chi connectivity index (χ2n) is 7.54. The molecule has 0 atom stereocenters. The zero-order valence-electron chi connectivity index (χ0n) is 18.3. The number of nitrogens with one attached hydrogen (secondary N) is 1. The Labute approximate surface area is 186 Å². The number of anilines is 1. The van der Waals surface area contributed by atoms with Crippen LogP contribution in [0.1, 0.15) is 23.1 Å². The maximum atomic E-state index is 12.5. The second-order valence-corrected chi connectivity index (χ2v) is 9.38. The fraction of sp³-hybridized carbons (Fsp3) is 0.318. The van der Waals surface area contributed by atoms with Crippen LogP contribution in [0.3, 0.4) is 0 Å². The van der Waals surface area contributed by atoms with Gasteiger partial charge in [0.1, 0.15) is 11.6 Å². The van der Waals surface area contributed by atoms with Gasteiger partial charge in [0.25, 0.3) is 5.56 Å². The van der Waals surface area contributed by atoms with Crippen LogP contribution in [0.15, 0.2) is 41.3 Å². The first kappa shape index (κ1) is 23.4. The summed E-state index contributed by atoms with van der Waals surface area (Å²) in [6.45, 7) is 4.70. The van der Waals surface area contributed by atoms with Crippen molar-refractivity contribution in [2.45, 2.75) is 27.2 Å². The molecule has 0 aliphatic rings. The van der Waals surface area contributed by atoms with E-state index < -0.39 is 16.7 Å². The summed E-state index contributed by atoms with van der Waals surface area (Å²) in [5, 5.41) is 0. The summed E-state index contributed by atoms with van der Waals surface area (Å²) < 4.78 is 46.8. The largest absolute Gasteiger partial charge is 0.424 e. The molecule has 1 N–H and O–H groups in total. The van der Waals surface area contributed by atoms with Crippen LogP contribution in [0.2, 0.25) is 0 Å². The van der Waals surface area contributed by atoms with E-state index in [4.69, 9.17) is 4.74 Å². The van der Waals surface area contributed by atoms with E-state index in [0.717, 1.165) is 11.1 Å². The van der Waals surface area contributed by atoms with Gasteiger partial charge in [-0.1, -0.05) is 18.2 Å². The second kappa shape index (κ2) is 9.47. The molecule has 170 valence electrons. The number of sulfonamides is 1. The number of pyridine rings is 1. The predicted octanol–water partition coefficient (Wildman–Crippen LogP) is 3.66. The van der Waals surface area contributed by atoms with E-state index in [1.807, 2.05) is 32.0 Å². The summed E-state index contributed by atoms with van der Waals surface area (Å²) in [5.74, 6) is 0.170. The summed E-state index contributed by atoms with van der Waals surface area (Å²) in [6, 6.07) is 8.70. The topological polar surface area (TPSA) is 103 Å². The summed E-state index contributed by atoms with van der Waals surface area (Å²) in [7, 11) is -2.20. The molecule has 0 fully saturated rings. The van der Waals surface area contributed by atoms with Crippen molar-refractivity contribution >= 4 is 15.8 Å². The third-order valence-electron chi connectivity index (χ3n) is 4.77. The van der Waals surface area contributed by atoms with Crippen LogP contribution in [-0.4, -0.2) is 35.4 Å². The van der Waals surface area contributed by atoms with Crippen LogP contribution in [0.4, 0.5) is 10.2 Å². The van der Waals surface area contributed by atoms with Gasteiger partial charge in [-0.3, -0.25) is 13.9 Å². The minimum absolute atomic E-state index is 0.0124. The molecule has 3 rings (SSSR count). The number of nitrogens with zero attached hydrogens (tertiary/aromatic N) is 3. The van der Waals surface area contributed by atoms with Gasteiger partial charge in [0.05, 0.1) is 18.1 Å². The molecule has 0 saturated carbocycles. The van der Waals surface area contributed by atoms with E-state index in [1.54, 1.807) is 26.2 Å². The Morgan fingerprint density at radius 3 is 2.41 bits per heavy atom. The number of para-hydroxylation sites is 1. The number of hydrogen-bond donors (Lipinski definition) is 1.